The molecule has 0 unspecified atom stereocenters. The molecule has 10 nitrogen and oxygen atoms in total. The zero-order chi connectivity index (χ0) is 78.9. The van der Waals surface area contributed by atoms with E-state index in [0.717, 1.165) is 118 Å². The van der Waals surface area contributed by atoms with Gasteiger partial charge in [-0.05, 0) is 279 Å². The van der Waals surface area contributed by atoms with Crippen LogP contribution in [0.3, 0.4) is 0 Å². The quantitative estimate of drug-likeness (QED) is 0.0167. The van der Waals surface area contributed by atoms with Crippen LogP contribution in [0.25, 0.3) is 0 Å². The van der Waals surface area contributed by atoms with Crippen molar-refractivity contribution in [3.05, 3.63) is 121 Å². The zero-order valence-electron chi connectivity index (χ0n) is 69.8. The summed E-state index contributed by atoms with van der Waals surface area (Å²) in [6, 6.07) is 35.7. The minimum Gasteiger partial charge on any atom is -0.426 e. The molecule has 0 bridgehead atoms. The number of halogens is 5. The first-order chi connectivity index (χ1) is 53.4. The van der Waals surface area contributed by atoms with Gasteiger partial charge in [-0.15, -0.1) is 0 Å². The molecule has 0 spiro atoms. The molecule has 20 heteroatoms. The predicted octanol–water partition coefficient (Wildman–Crippen LogP) is 30.4. The third-order valence-electron chi connectivity index (χ3n) is 23.4. The molecule has 0 aliphatic heterocycles. The summed E-state index contributed by atoms with van der Waals surface area (Å²) in [4.78, 5) is 64.9. The van der Waals surface area contributed by atoms with Crippen molar-refractivity contribution < 1.29 is 71.2 Å². The van der Waals surface area contributed by atoms with E-state index >= 15 is 0 Å². The summed E-state index contributed by atoms with van der Waals surface area (Å²) in [5.41, 5.74) is 0. The Morgan fingerprint density at radius 1 is 0.217 bits per heavy atom. The highest BCUT2D eigenvalue weighted by molar-refractivity contribution is 7.81. The number of hydrogen-bond acceptors (Lipinski definition) is 10. The van der Waals surface area contributed by atoms with Crippen molar-refractivity contribution in [1.29, 1.82) is 0 Å². The van der Waals surface area contributed by atoms with Crippen LogP contribution >= 0.6 is 63.1 Å². The zero-order valence-corrected chi connectivity index (χ0v) is 73.9. The Balaban J connectivity index is 0.000000711. The first-order valence-electron chi connectivity index (χ1n) is 43.4. The molecule has 5 fully saturated rings. The normalized spacial score (nSPS) is 20.6. The number of ether oxygens (including phenoxy) is 5. The highest BCUT2D eigenvalue weighted by atomic mass is 32.1. The third kappa shape index (κ3) is 45.3. The molecule has 0 heterocycles. The fourth-order valence-corrected chi connectivity index (χ4v) is 16.9. The highest BCUT2D eigenvalue weighted by Gasteiger charge is 2.32. The van der Waals surface area contributed by atoms with E-state index in [1.165, 1.54) is 225 Å². The number of carbonyl (C=O) groups is 5. The van der Waals surface area contributed by atoms with Crippen molar-refractivity contribution >= 4 is 93.0 Å². The number of hydrogen-bond donors (Lipinski definition) is 0. The molecular weight excluding hydrogens is 1560 g/mol. The van der Waals surface area contributed by atoms with Crippen LogP contribution in [0.15, 0.2) is 146 Å². The molecule has 0 aromatic heterocycles. The fraction of sp³-hybridized carbons (Fsp3) is 0.632. The lowest BCUT2D eigenvalue weighted by Gasteiger charge is -2.27. The second-order valence-electron chi connectivity index (χ2n) is 32.3. The van der Waals surface area contributed by atoms with E-state index in [1.807, 2.05) is 0 Å². The molecule has 0 saturated heterocycles. The Bertz CT molecular complexity index is 2770. The van der Waals surface area contributed by atoms with Crippen LogP contribution in [0.1, 0.15) is 324 Å². The van der Waals surface area contributed by atoms with Gasteiger partial charge < -0.3 is 23.7 Å². The Morgan fingerprint density at radius 2 is 0.348 bits per heavy atom. The Hall–Kier alpha value is -5.80. The fourth-order valence-electron chi connectivity index (χ4n) is 16.3. The van der Waals surface area contributed by atoms with Crippen molar-refractivity contribution in [2.45, 2.75) is 348 Å². The van der Waals surface area contributed by atoms with Gasteiger partial charge in [0.25, 0.3) is 0 Å². The Labute approximate surface area is 716 Å². The summed E-state index contributed by atoms with van der Waals surface area (Å²) in [6.07, 6.45) is 55.1. The molecular formula is C95H140F5O10S5. The lowest BCUT2D eigenvalue weighted by molar-refractivity contribution is -0.141. The van der Waals surface area contributed by atoms with Crippen LogP contribution in [-0.4, -0.2) is 29.8 Å². The predicted molar refractivity (Wildman–Crippen MR) is 473 cm³/mol. The van der Waals surface area contributed by atoms with E-state index < -0.39 is 0 Å². The third-order valence-corrected chi connectivity index (χ3v) is 24.8. The summed E-state index contributed by atoms with van der Waals surface area (Å²) in [5.74, 6) is 7.21. The molecule has 5 aromatic carbocycles. The van der Waals surface area contributed by atoms with Crippen LogP contribution in [0.2, 0.25) is 0 Å². The van der Waals surface area contributed by atoms with E-state index in [0.29, 0.717) is 28.7 Å². The summed E-state index contributed by atoms with van der Waals surface area (Å²) >= 11 is 25.2. The molecule has 5 radical (unpaired) electrons. The standard InChI is InChI=1S/5C19H27O2S.5FH/c5*1-2-3-4-5-6-15-7-9-16(10-8-15)19(20)21-17-11-13-18(22)14-12-17;;;;;/h5*11-16H,2-10H2,1H3;5*1H. The van der Waals surface area contributed by atoms with Crippen molar-refractivity contribution in [1.82, 2.24) is 0 Å². The van der Waals surface area contributed by atoms with Gasteiger partial charge in [-0.2, -0.15) is 0 Å². The van der Waals surface area contributed by atoms with Crippen molar-refractivity contribution in [2.75, 3.05) is 0 Å². The van der Waals surface area contributed by atoms with Crippen LogP contribution in [0, 0.1) is 59.2 Å². The Morgan fingerprint density at radius 3 is 0.470 bits per heavy atom. The average molecular weight is 1700 g/mol. The smallest absolute Gasteiger partial charge is 0.314 e. The number of esters is 5. The largest absolute Gasteiger partial charge is 0.426 e. The van der Waals surface area contributed by atoms with Crippen LogP contribution in [0.5, 0.6) is 28.7 Å². The number of benzene rings is 5. The highest BCUT2D eigenvalue weighted by Crippen LogP contribution is 2.39. The minimum atomic E-state index is -0.0680. The molecule has 645 valence electrons. The summed E-state index contributed by atoms with van der Waals surface area (Å²) in [7, 11) is 0. The van der Waals surface area contributed by atoms with Crippen molar-refractivity contribution in [2.24, 2.45) is 59.2 Å². The molecule has 5 aliphatic carbocycles. The Kier molecular flexibility index (Phi) is 59.8. The number of carbonyl (C=O) groups excluding carboxylic acids is 5. The molecule has 5 saturated carbocycles. The molecule has 5 aromatic rings. The van der Waals surface area contributed by atoms with E-state index in [9.17, 15) is 24.0 Å². The van der Waals surface area contributed by atoms with Gasteiger partial charge in [0.2, 0.25) is 0 Å². The maximum Gasteiger partial charge on any atom is 0.314 e. The van der Waals surface area contributed by atoms with Gasteiger partial charge >= 0.3 is 29.8 Å². The second kappa shape index (κ2) is 64.2. The molecule has 10 rings (SSSR count). The van der Waals surface area contributed by atoms with Crippen LogP contribution in [0.4, 0.5) is 23.5 Å². The molecule has 5 aliphatic rings. The van der Waals surface area contributed by atoms with Gasteiger partial charge in [0.15, 0.2) is 0 Å². The molecule has 0 amide bonds. The van der Waals surface area contributed by atoms with E-state index in [4.69, 9.17) is 86.8 Å². The first-order valence-corrected chi connectivity index (χ1v) is 45.4. The molecule has 115 heavy (non-hydrogen) atoms. The van der Waals surface area contributed by atoms with Gasteiger partial charge in [0, 0.05) is 24.5 Å². The van der Waals surface area contributed by atoms with Gasteiger partial charge in [-0.3, -0.25) is 47.5 Å². The summed E-state index contributed by atoms with van der Waals surface area (Å²) in [5, 5.41) is 0. The second-order valence-corrected chi connectivity index (χ2v) is 34.7. The SMILES string of the molecule is CCCCCCC1CCC(C(=O)Oc2ccc([S])cc2)CC1.CCCCCCC1CCC(C(=O)Oc2ccc([S])cc2)CC1.CCCCCCC1CCC(C(=O)Oc2ccc([S])cc2)CC1.CCCCCCC1CCC(C(=O)Oc2ccc([S])cc2)CC1.CCCCCCC1CCC(C(=O)Oc2ccc([S])cc2)CC1.F.F.F.F.F. The number of unbranched alkanes of at least 4 members (excludes halogenated alkanes) is 15. The van der Waals surface area contributed by atoms with Crippen molar-refractivity contribution in [3.8, 4) is 28.7 Å². The monoisotopic (exact) mass is 1700 g/mol. The average Bonchev–Trinajstić information content (AvgIpc) is 0.885. The van der Waals surface area contributed by atoms with E-state index in [1.54, 1.807) is 121 Å². The lowest BCUT2D eigenvalue weighted by Crippen LogP contribution is -2.25. The lowest BCUT2D eigenvalue weighted by atomic mass is 9.80. The number of rotatable bonds is 35. The molecule has 0 N–H and O–H groups in total. The van der Waals surface area contributed by atoms with Crippen molar-refractivity contribution in [3.63, 3.8) is 0 Å². The minimum absolute atomic E-state index is 0. The van der Waals surface area contributed by atoms with Crippen LogP contribution in [-0.2, 0) is 24.0 Å². The van der Waals surface area contributed by atoms with Gasteiger partial charge in [-0.25, -0.2) is 0 Å². The van der Waals surface area contributed by atoms with E-state index in [2.05, 4.69) is 34.6 Å². The topological polar surface area (TPSA) is 132 Å². The van der Waals surface area contributed by atoms with E-state index in [-0.39, 0.29) is 83.0 Å². The van der Waals surface area contributed by atoms with Gasteiger partial charge in [0.05, 0.1) is 29.6 Å². The summed E-state index contributed by atoms with van der Waals surface area (Å²) < 4.78 is 27.4. The maximum atomic E-state index is 12.2. The molecule has 0 atom stereocenters. The first kappa shape index (κ1) is 107. The summed E-state index contributed by atoms with van der Waals surface area (Å²) in [6.45, 7) is 11.2. The van der Waals surface area contributed by atoms with Crippen LogP contribution < -0.4 is 23.7 Å². The van der Waals surface area contributed by atoms with Gasteiger partial charge in [-0.1, -0.05) is 258 Å². The maximum absolute atomic E-state index is 12.2. The van der Waals surface area contributed by atoms with Gasteiger partial charge in [0.1, 0.15) is 28.7 Å².